The maximum absolute atomic E-state index is 10.5. The van der Waals surface area contributed by atoms with Gasteiger partial charge in [0.2, 0.25) is 0 Å². The van der Waals surface area contributed by atoms with Gasteiger partial charge in [-0.3, -0.25) is 14.4 Å². The molecule has 0 aromatic heterocycles. The van der Waals surface area contributed by atoms with Crippen molar-refractivity contribution in [1.29, 1.82) is 0 Å². The third-order valence-corrected chi connectivity index (χ3v) is 1.17. The second-order valence-corrected chi connectivity index (χ2v) is 2.10. The number of carbonyl (C=O) groups is 3. The first-order valence-electron chi connectivity index (χ1n) is 2.90. The van der Waals surface area contributed by atoms with Gasteiger partial charge in [0.15, 0.2) is 0 Å². The van der Waals surface area contributed by atoms with Crippen molar-refractivity contribution >= 4 is 17.7 Å². The molecule has 0 aromatic carbocycles. The number of carboxylic acids is 2. The van der Waals surface area contributed by atoms with Crippen LogP contribution in [0.4, 0.5) is 0 Å². The van der Waals surface area contributed by atoms with E-state index in [4.69, 9.17) is 10.2 Å². The van der Waals surface area contributed by atoms with E-state index in [-0.39, 0.29) is 31.0 Å². The van der Waals surface area contributed by atoms with E-state index in [1.165, 1.54) is 0 Å². The minimum atomic E-state index is -1.41. The summed E-state index contributed by atoms with van der Waals surface area (Å²) in [6, 6.07) is 0. The second-order valence-electron chi connectivity index (χ2n) is 2.10. The molecule has 0 saturated carbocycles. The summed E-state index contributed by atoms with van der Waals surface area (Å²) in [5.41, 5.74) is 0. The molecule has 0 aliphatic rings. The fourth-order valence-electron chi connectivity index (χ4n) is 0.580. The van der Waals surface area contributed by atoms with E-state index in [2.05, 4.69) is 0 Å². The fraction of sp³-hybridized carbons (Fsp3) is 0.500. The van der Waals surface area contributed by atoms with Crippen molar-refractivity contribution in [1.82, 2.24) is 0 Å². The van der Waals surface area contributed by atoms with Gasteiger partial charge in [-0.1, -0.05) is 0 Å². The predicted octanol–water partition coefficient (Wildman–Crippen LogP) is -3.13. The molecule has 0 fully saturated rings. The summed E-state index contributed by atoms with van der Waals surface area (Å²) in [7, 11) is 0. The summed E-state index contributed by atoms with van der Waals surface area (Å²) in [5, 5.41) is 16.5. The number of hydrogen-bond acceptors (Lipinski definition) is 3. The molecule has 0 saturated heterocycles. The molecule has 0 rings (SSSR count). The smallest absolute Gasteiger partial charge is 1.00 e. The number of hydrogen-bond donors (Lipinski definition) is 2. The third kappa shape index (κ3) is 5.29. The summed E-state index contributed by atoms with van der Waals surface area (Å²) in [5.74, 6) is -4.72. The Balaban J connectivity index is -0.000000500. The molecule has 5 nitrogen and oxygen atoms in total. The van der Waals surface area contributed by atoms with Crippen molar-refractivity contribution in [3.05, 3.63) is 0 Å². The number of ketones is 1. The molecule has 6 heteroatoms. The zero-order valence-electron chi connectivity index (χ0n) is 7.90. The van der Waals surface area contributed by atoms with Crippen LogP contribution in [-0.2, 0) is 14.4 Å². The van der Waals surface area contributed by atoms with Gasteiger partial charge in [0.1, 0.15) is 11.7 Å². The van der Waals surface area contributed by atoms with Crippen molar-refractivity contribution in [2.24, 2.45) is 5.92 Å². The largest absolute Gasteiger partial charge is 1.00 e. The Kier molecular flexibility index (Phi) is 7.27. The Morgan fingerprint density at radius 2 is 1.75 bits per heavy atom. The van der Waals surface area contributed by atoms with Crippen LogP contribution in [0.5, 0.6) is 0 Å². The average Bonchev–Trinajstić information content (AvgIpc) is 1.81. The molecule has 0 amide bonds. The second kappa shape index (κ2) is 6.16. The Hall–Kier alpha value is -0.390. The van der Waals surface area contributed by atoms with E-state index in [9.17, 15) is 14.4 Å². The van der Waals surface area contributed by atoms with Crippen molar-refractivity contribution in [2.45, 2.75) is 13.3 Å². The molecule has 0 aliphatic heterocycles. The van der Waals surface area contributed by atoms with Gasteiger partial charge in [-0.15, -0.1) is 0 Å². The standard InChI is InChI=1S/C6H8O5.Na.H/c1-3(7)4(6(10)11)2-5(8)9;;/h4H,2H2,1H3,(H,8,9)(H,10,11);;/q;+1;-1. The number of aliphatic carboxylic acids is 2. The van der Waals surface area contributed by atoms with Crippen molar-refractivity contribution in [2.75, 3.05) is 0 Å². The first-order valence-corrected chi connectivity index (χ1v) is 2.90. The molecule has 0 aromatic rings. The zero-order chi connectivity index (χ0) is 9.02. The Morgan fingerprint density at radius 3 is 1.83 bits per heavy atom. The SMILES string of the molecule is CC(=O)C(CC(=O)O)C(=O)O.[H-].[Na+]. The molecule has 12 heavy (non-hydrogen) atoms. The maximum atomic E-state index is 10.5. The van der Waals surface area contributed by atoms with Crippen molar-refractivity contribution < 1.29 is 55.6 Å². The monoisotopic (exact) mass is 184 g/mol. The first-order chi connectivity index (χ1) is 4.95. The Bertz CT molecular complexity index is 191. The van der Waals surface area contributed by atoms with Crippen LogP contribution in [0.3, 0.4) is 0 Å². The molecule has 1 unspecified atom stereocenters. The van der Waals surface area contributed by atoms with Crippen molar-refractivity contribution in [3.8, 4) is 0 Å². The predicted molar refractivity (Wildman–Crippen MR) is 35.2 cm³/mol. The molecule has 0 heterocycles. The van der Waals surface area contributed by atoms with E-state index in [1.54, 1.807) is 0 Å². The van der Waals surface area contributed by atoms with Gasteiger partial charge in [-0.2, -0.15) is 0 Å². The molecular formula is C6H9NaO5. The van der Waals surface area contributed by atoms with Gasteiger partial charge < -0.3 is 11.6 Å². The van der Waals surface area contributed by atoms with E-state index in [1.807, 2.05) is 0 Å². The fourth-order valence-corrected chi connectivity index (χ4v) is 0.580. The summed E-state index contributed by atoms with van der Waals surface area (Å²) >= 11 is 0. The van der Waals surface area contributed by atoms with E-state index in [0.717, 1.165) is 6.92 Å². The summed E-state index contributed by atoms with van der Waals surface area (Å²) in [6.07, 6.45) is -0.648. The van der Waals surface area contributed by atoms with Crippen LogP contribution in [-0.4, -0.2) is 27.9 Å². The quantitative estimate of drug-likeness (QED) is 0.356. The minimum Gasteiger partial charge on any atom is -1.00 e. The molecule has 0 spiro atoms. The van der Waals surface area contributed by atoms with Crippen LogP contribution >= 0.6 is 0 Å². The number of rotatable bonds is 4. The number of carboxylic acid groups (broad SMARTS) is 2. The Morgan fingerprint density at radius 1 is 1.33 bits per heavy atom. The molecule has 64 valence electrons. The topological polar surface area (TPSA) is 91.7 Å². The zero-order valence-corrected chi connectivity index (χ0v) is 8.90. The van der Waals surface area contributed by atoms with E-state index < -0.39 is 30.1 Å². The molecule has 2 N–H and O–H groups in total. The summed E-state index contributed by atoms with van der Waals surface area (Å²) in [4.78, 5) is 30.7. The molecule has 1 atom stereocenters. The minimum absolute atomic E-state index is 0. The number of carbonyl (C=O) groups excluding carboxylic acids is 1. The van der Waals surface area contributed by atoms with Gasteiger partial charge >= 0.3 is 41.5 Å². The average molecular weight is 184 g/mol. The van der Waals surface area contributed by atoms with Crippen LogP contribution < -0.4 is 29.6 Å². The van der Waals surface area contributed by atoms with Gasteiger partial charge in [0, 0.05) is 0 Å². The van der Waals surface area contributed by atoms with Crippen LogP contribution in [0, 0.1) is 5.92 Å². The van der Waals surface area contributed by atoms with Crippen LogP contribution in [0.25, 0.3) is 0 Å². The van der Waals surface area contributed by atoms with Gasteiger partial charge in [-0.05, 0) is 6.92 Å². The summed E-state index contributed by atoms with van der Waals surface area (Å²) < 4.78 is 0. The first kappa shape index (κ1) is 14.2. The molecule has 0 bridgehead atoms. The van der Waals surface area contributed by atoms with Crippen molar-refractivity contribution in [3.63, 3.8) is 0 Å². The van der Waals surface area contributed by atoms with Gasteiger partial charge in [-0.25, -0.2) is 0 Å². The van der Waals surface area contributed by atoms with Crippen LogP contribution in [0.1, 0.15) is 14.8 Å². The van der Waals surface area contributed by atoms with E-state index >= 15 is 0 Å². The van der Waals surface area contributed by atoms with E-state index in [0.29, 0.717) is 0 Å². The normalized spacial score (nSPS) is 11.1. The van der Waals surface area contributed by atoms with Crippen LogP contribution in [0.15, 0.2) is 0 Å². The molecule has 0 radical (unpaired) electrons. The maximum Gasteiger partial charge on any atom is 1.00 e. The Labute approximate surface area is 92.5 Å². The summed E-state index contributed by atoms with van der Waals surface area (Å²) in [6.45, 7) is 1.06. The third-order valence-electron chi connectivity index (χ3n) is 1.17. The molecular weight excluding hydrogens is 175 g/mol. The van der Waals surface area contributed by atoms with Gasteiger partial charge in [0.05, 0.1) is 6.42 Å². The molecule has 0 aliphatic carbocycles. The number of Topliss-reactive ketones (excluding diaryl/α,β-unsaturated/α-hetero) is 1. The van der Waals surface area contributed by atoms with Gasteiger partial charge in [0.25, 0.3) is 0 Å². The van der Waals surface area contributed by atoms with Crippen LogP contribution in [0.2, 0.25) is 0 Å².